The van der Waals surface area contributed by atoms with E-state index in [0.29, 0.717) is 0 Å². The molecule has 0 saturated heterocycles. The number of hydrogen-bond acceptors (Lipinski definition) is 4. The molecule has 0 bridgehead atoms. The average molecular weight is 275 g/mol. The lowest BCUT2D eigenvalue weighted by atomic mass is 10.2. The first-order valence-corrected chi connectivity index (χ1v) is 8.24. The van der Waals surface area contributed by atoms with Crippen LogP contribution in [0.3, 0.4) is 0 Å². The molecule has 1 heterocycles. The third-order valence-electron chi connectivity index (χ3n) is 1.77. The van der Waals surface area contributed by atoms with E-state index in [1.54, 1.807) is 0 Å². The summed E-state index contributed by atoms with van der Waals surface area (Å²) in [5.41, 5.74) is 2.52. The van der Waals surface area contributed by atoms with Gasteiger partial charge in [0.15, 0.2) is 0 Å². The van der Waals surface area contributed by atoms with Crippen molar-refractivity contribution in [2.45, 2.75) is 11.5 Å². The highest BCUT2D eigenvalue weighted by Gasteiger charge is 1.89. The van der Waals surface area contributed by atoms with Crippen LogP contribution in [-0.2, 0) is 11.5 Å². The zero-order valence-electron chi connectivity index (χ0n) is 8.30. The molecule has 0 N–H and O–H groups in total. The van der Waals surface area contributed by atoms with Gasteiger partial charge >= 0.3 is 0 Å². The molecule has 0 radical (unpaired) electrons. The van der Waals surface area contributed by atoms with Gasteiger partial charge in [-0.05, 0) is 16.5 Å². The van der Waals surface area contributed by atoms with Crippen LogP contribution in [0, 0.1) is 0 Å². The molecule has 15 heavy (non-hydrogen) atoms. The highest BCUT2D eigenvalue weighted by molar-refractivity contribution is 8.78. The lowest BCUT2D eigenvalue weighted by molar-refractivity contribution is 1.35. The van der Waals surface area contributed by atoms with Crippen LogP contribution in [0.4, 0.5) is 0 Å². The number of hydrogen-bond donors (Lipinski definition) is 2. The van der Waals surface area contributed by atoms with E-state index in [0.717, 1.165) is 11.5 Å². The monoisotopic (exact) mass is 274 g/mol. The molecule has 1 aliphatic rings. The van der Waals surface area contributed by atoms with E-state index < -0.39 is 0 Å². The normalized spacial score (nSPS) is 13.5. The first-order valence-electron chi connectivity index (χ1n) is 4.59. The van der Waals surface area contributed by atoms with Crippen LogP contribution in [0.1, 0.15) is 11.1 Å². The molecule has 0 fully saturated rings. The molecule has 82 valence electrons. The Labute approximate surface area is 111 Å². The number of benzene rings is 1. The zero-order chi connectivity index (χ0) is 10.9. The van der Waals surface area contributed by atoms with Crippen molar-refractivity contribution < 1.29 is 0 Å². The Morgan fingerprint density at radius 1 is 1.00 bits per heavy atom. The molecule has 1 aromatic carbocycles. The standard InChI is InChI=1S/C8H10S2.C3H4S2/c9-5-7-1-2-8(6-10)4-3-7;1-2-4-5-3-1/h1-4,9-10H,5-6H2;1-2H,3H2. The lowest BCUT2D eigenvalue weighted by Gasteiger charge is -1.96. The summed E-state index contributed by atoms with van der Waals surface area (Å²) < 4.78 is 0. The first kappa shape index (κ1) is 13.4. The number of thiol groups is 2. The van der Waals surface area contributed by atoms with E-state index in [2.05, 4.69) is 61.0 Å². The van der Waals surface area contributed by atoms with E-state index in [4.69, 9.17) is 0 Å². The molecule has 0 nitrogen and oxygen atoms in total. The van der Waals surface area contributed by atoms with Crippen LogP contribution in [-0.4, -0.2) is 5.75 Å². The van der Waals surface area contributed by atoms with E-state index >= 15 is 0 Å². The lowest BCUT2D eigenvalue weighted by Crippen LogP contribution is -1.79. The SMILES string of the molecule is C1=CSSC1.SCc1ccc(CS)cc1. The van der Waals surface area contributed by atoms with Gasteiger partial charge in [-0.3, -0.25) is 0 Å². The van der Waals surface area contributed by atoms with E-state index in [9.17, 15) is 0 Å². The highest BCUT2D eigenvalue weighted by atomic mass is 33.1. The summed E-state index contributed by atoms with van der Waals surface area (Å²) >= 11 is 8.31. The molecule has 0 unspecified atom stereocenters. The maximum Gasteiger partial charge on any atom is 0.0229 e. The molecule has 1 aliphatic heterocycles. The second kappa shape index (κ2) is 8.50. The van der Waals surface area contributed by atoms with Crippen LogP contribution >= 0.6 is 46.8 Å². The molecule has 2 rings (SSSR count). The largest absolute Gasteiger partial charge is 0.175 e. The molecule has 0 amide bonds. The van der Waals surface area contributed by atoms with Gasteiger partial charge in [-0.15, -0.1) is 0 Å². The van der Waals surface area contributed by atoms with Gasteiger partial charge in [-0.2, -0.15) is 25.3 Å². The van der Waals surface area contributed by atoms with E-state index in [1.165, 1.54) is 16.9 Å². The molecule has 0 aromatic heterocycles. The minimum atomic E-state index is 0.812. The summed E-state index contributed by atoms with van der Waals surface area (Å²) in [6.07, 6.45) is 2.16. The van der Waals surface area contributed by atoms with Crippen LogP contribution in [0.2, 0.25) is 0 Å². The summed E-state index contributed by atoms with van der Waals surface area (Å²) in [6, 6.07) is 8.33. The van der Waals surface area contributed by atoms with Crippen molar-refractivity contribution in [2.24, 2.45) is 0 Å². The molecular weight excluding hydrogens is 260 g/mol. The molecular formula is C11H14S4. The minimum Gasteiger partial charge on any atom is -0.175 e. The maximum absolute atomic E-state index is 4.15. The van der Waals surface area contributed by atoms with Gasteiger partial charge in [0, 0.05) is 17.3 Å². The Hall–Kier alpha value is 0.360. The topological polar surface area (TPSA) is 0 Å². The van der Waals surface area contributed by atoms with E-state index in [1.807, 2.05) is 21.6 Å². The predicted octanol–water partition coefficient (Wildman–Crippen LogP) is 4.44. The van der Waals surface area contributed by atoms with Crippen molar-refractivity contribution in [1.82, 2.24) is 0 Å². The Balaban J connectivity index is 0.000000187. The van der Waals surface area contributed by atoms with E-state index in [-0.39, 0.29) is 0 Å². The van der Waals surface area contributed by atoms with Crippen LogP contribution in [0.5, 0.6) is 0 Å². The van der Waals surface area contributed by atoms with Gasteiger partial charge in [0.2, 0.25) is 0 Å². The zero-order valence-corrected chi connectivity index (χ0v) is 11.7. The summed E-state index contributed by atoms with van der Waals surface area (Å²) in [4.78, 5) is 0. The van der Waals surface area contributed by atoms with Crippen LogP contribution < -0.4 is 0 Å². The number of rotatable bonds is 2. The quantitative estimate of drug-likeness (QED) is 0.604. The van der Waals surface area contributed by atoms with Crippen molar-refractivity contribution in [3.8, 4) is 0 Å². The predicted molar refractivity (Wildman–Crippen MR) is 81.0 cm³/mol. The van der Waals surface area contributed by atoms with Crippen LogP contribution in [0.25, 0.3) is 0 Å². The maximum atomic E-state index is 4.15. The second-order valence-corrected chi connectivity index (χ2v) is 5.84. The third-order valence-corrected chi connectivity index (χ3v) is 4.42. The van der Waals surface area contributed by atoms with Crippen molar-refractivity contribution >= 4 is 46.8 Å². The molecule has 0 saturated carbocycles. The molecule has 4 heteroatoms. The third kappa shape index (κ3) is 5.85. The summed E-state index contributed by atoms with van der Waals surface area (Å²) in [7, 11) is 3.69. The Kier molecular flexibility index (Phi) is 7.61. The van der Waals surface area contributed by atoms with Gasteiger partial charge < -0.3 is 0 Å². The van der Waals surface area contributed by atoms with Crippen molar-refractivity contribution in [3.63, 3.8) is 0 Å². The van der Waals surface area contributed by atoms with Gasteiger partial charge in [0.1, 0.15) is 0 Å². The molecule has 0 atom stereocenters. The van der Waals surface area contributed by atoms with Crippen LogP contribution in [0.15, 0.2) is 35.7 Å². The van der Waals surface area contributed by atoms with Crippen molar-refractivity contribution in [3.05, 3.63) is 46.9 Å². The van der Waals surface area contributed by atoms with Gasteiger partial charge in [0.05, 0.1) is 0 Å². The average Bonchev–Trinajstić information content (AvgIpc) is 2.88. The Morgan fingerprint density at radius 2 is 1.53 bits per heavy atom. The minimum absolute atomic E-state index is 0.812. The molecule has 0 spiro atoms. The smallest absolute Gasteiger partial charge is 0.0229 e. The summed E-state index contributed by atoms with van der Waals surface area (Å²) in [6.45, 7) is 0. The van der Waals surface area contributed by atoms with Gasteiger partial charge in [-0.25, -0.2) is 0 Å². The summed E-state index contributed by atoms with van der Waals surface area (Å²) in [5, 5.41) is 2.12. The fraction of sp³-hybridized carbons (Fsp3) is 0.273. The molecule has 0 aliphatic carbocycles. The Morgan fingerprint density at radius 3 is 1.73 bits per heavy atom. The van der Waals surface area contributed by atoms with Gasteiger partial charge in [-0.1, -0.05) is 51.9 Å². The van der Waals surface area contributed by atoms with Crippen molar-refractivity contribution in [2.75, 3.05) is 5.75 Å². The van der Waals surface area contributed by atoms with Gasteiger partial charge in [0.25, 0.3) is 0 Å². The fourth-order valence-corrected chi connectivity index (χ4v) is 2.94. The summed E-state index contributed by atoms with van der Waals surface area (Å²) in [5.74, 6) is 2.82. The van der Waals surface area contributed by atoms with Crippen molar-refractivity contribution in [1.29, 1.82) is 0 Å². The first-order chi connectivity index (χ1) is 7.36. The fourth-order valence-electron chi connectivity index (χ4n) is 0.947. The molecule has 1 aromatic rings. The Bertz CT molecular complexity index is 263. The second-order valence-electron chi connectivity index (χ2n) is 2.89. The highest BCUT2D eigenvalue weighted by Crippen LogP contribution is 2.27.